The molecule has 2 aromatic carbocycles. The highest BCUT2D eigenvalue weighted by Crippen LogP contribution is 2.40. The monoisotopic (exact) mass is 476 g/mol. The lowest BCUT2D eigenvalue weighted by Gasteiger charge is -2.28. The Morgan fingerprint density at radius 2 is 1.71 bits per heavy atom. The summed E-state index contributed by atoms with van der Waals surface area (Å²) in [5, 5.41) is 15.7. The highest BCUT2D eigenvalue weighted by Gasteiger charge is 2.47. The normalized spacial score (nSPS) is 17.5. The van der Waals surface area contributed by atoms with Crippen LogP contribution in [0.1, 0.15) is 36.7 Å². The molecule has 0 spiro atoms. The molecule has 35 heavy (non-hydrogen) atoms. The van der Waals surface area contributed by atoms with Crippen LogP contribution in [0, 0.1) is 12.7 Å². The molecule has 1 amide bonds. The maximum atomic E-state index is 15.0. The number of para-hydroxylation sites is 1. The van der Waals surface area contributed by atoms with E-state index in [1.165, 1.54) is 17.2 Å². The van der Waals surface area contributed by atoms with E-state index in [0.717, 1.165) is 18.8 Å². The number of amides is 1. The van der Waals surface area contributed by atoms with Crippen LogP contribution in [0.25, 0.3) is 11.4 Å². The van der Waals surface area contributed by atoms with Crippen LogP contribution in [0.3, 0.4) is 0 Å². The van der Waals surface area contributed by atoms with Crippen molar-refractivity contribution < 1.29 is 19.1 Å². The number of aliphatic hydroxyl groups is 1. The number of halogens is 1. The van der Waals surface area contributed by atoms with E-state index >= 15 is 0 Å². The van der Waals surface area contributed by atoms with E-state index in [1.54, 1.807) is 29.8 Å². The van der Waals surface area contributed by atoms with E-state index in [2.05, 4.69) is 10.00 Å². The van der Waals surface area contributed by atoms with Gasteiger partial charge in [0.1, 0.15) is 11.6 Å². The first-order valence-corrected chi connectivity index (χ1v) is 11.7. The number of aromatic nitrogens is 2. The topological polar surface area (TPSA) is 78.7 Å². The van der Waals surface area contributed by atoms with Crippen LogP contribution in [0.2, 0.25) is 0 Å². The lowest BCUT2D eigenvalue weighted by Crippen LogP contribution is -2.38. The molecule has 2 heterocycles. The third kappa shape index (κ3) is 4.49. The molecular formula is C27H29FN4O3. The maximum Gasteiger partial charge on any atom is 0.295 e. The summed E-state index contributed by atoms with van der Waals surface area (Å²) in [5.74, 6) is -2.49. The van der Waals surface area contributed by atoms with E-state index in [4.69, 9.17) is 0 Å². The van der Waals surface area contributed by atoms with E-state index < -0.39 is 23.5 Å². The first-order chi connectivity index (χ1) is 16.9. The van der Waals surface area contributed by atoms with Gasteiger partial charge in [0, 0.05) is 18.7 Å². The van der Waals surface area contributed by atoms with Crippen molar-refractivity contribution in [2.45, 2.75) is 26.8 Å². The minimum Gasteiger partial charge on any atom is -0.507 e. The molecule has 3 aromatic rings. The van der Waals surface area contributed by atoms with Crippen LogP contribution in [0.4, 0.5) is 4.39 Å². The number of aliphatic hydroxyl groups excluding tert-OH is 1. The number of ketones is 1. The van der Waals surface area contributed by atoms with E-state index in [9.17, 15) is 19.1 Å². The van der Waals surface area contributed by atoms with Gasteiger partial charge in [-0.3, -0.25) is 9.59 Å². The van der Waals surface area contributed by atoms with Crippen molar-refractivity contribution >= 4 is 17.4 Å². The van der Waals surface area contributed by atoms with Gasteiger partial charge < -0.3 is 14.9 Å². The molecule has 182 valence electrons. The Bertz CT molecular complexity index is 1260. The molecule has 0 saturated carbocycles. The van der Waals surface area contributed by atoms with Gasteiger partial charge in [-0.25, -0.2) is 9.07 Å². The first kappa shape index (κ1) is 24.3. The molecule has 1 fully saturated rings. The summed E-state index contributed by atoms with van der Waals surface area (Å²) in [6.07, 6.45) is 1.46. The van der Waals surface area contributed by atoms with Crippen LogP contribution >= 0.6 is 0 Å². The number of carbonyl (C=O) groups excluding carboxylic acids is 2. The van der Waals surface area contributed by atoms with Crippen molar-refractivity contribution in [2.75, 3.05) is 26.2 Å². The van der Waals surface area contributed by atoms with Crippen molar-refractivity contribution in [1.29, 1.82) is 0 Å². The quantitative estimate of drug-likeness (QED) is 0.301. The maximum absolute atomic E-state index is 15.0. The van der Waals surface area contributed by atoms with Crippen LogP contribution in [0.5, 0.6) is 0 Å². The Hall–Kier alpha value is -3.78. The fourth-order valence-electron chi connectivity index (χ4n) is 4.54. The Morgan fingerprint density at radius 3 is 2.37 bits per heavy atom. The third-order valence-corrected chi connectivity index (χ3v) is 6.56. The number of hydrogen-bond acceptors (Lipinski definition) is 5. The number of carbonyl (C=O) groups is 2. The summed E-state index contributed by atoms with van der Waals surface area (Å²) in [7, 11) is 0. The zero-order valence-electron chi connectivity index (χ0n) is 20.1. The van der Waals surface area contributed by atoms with Crippen LogP contribution in [0.15, 0.2) is 66.4 Å². The van der Waals surface area contributed by atoms with E-state index in [0.29, 0.717) is 17.8 Å². The highest BCUT2D eigenvalue weighted by atomic mass is 19.1. The second-order valence-electron chi connectivity index (χ2n) is 8.43. The van der Waals surface area contributed by atoms with Gasteiger partial charge in [0.2, 0.25) is 0 Å². The standard InChI is InChI=1S/C27H29FN4O3/c1-4-30(5-2)15-16-31-24(20-13-9-10-14-22(20)28)23(26(34)27(31)35)25(33)21-17-29-32(18(21)3)19-11-7-6-8-12-19/h6-14,17,24,33H,4-5,15-16H2,1-3H3/b25-23+. The lowest BCUT2D eigenvalue weighted by atomic mass is 9.95. The summed E-state index contributed by atoms with van der Waals surface area (Å²) in [6, 6.07) is 14.4. The number of likely N-dealkylation sites (tertiary alicyclic amines) is 1. The molecular weight excluding hydrogens is 447 g/mol. The van der Waals surface area contributed by atoms with Gasteiger partial charge in [-0.1, -0.05) is 50.2 Å². The van der Waals surface area contributed by atoms with Crippen molar-refractivity contribution in [3.05, 3.63) is 89.0 Å². The zero-order chi connectivity index (χ0) is 25.1. The summed E-state index contributed by atoms with van der Waals surface area (Å²) < 4.78 is 16.6. The summed E-state index contributed by atoms with van der Waals surface area (Å²) in [6.45, 7) is 8.10. The molecule has 1 unspecified atom stereocenters. The van der Waals surface area contributed by atoms with Crippen LogP contribution in [-0.2, 0) is 9.59 Å². The average Bonchev–Trinajstić information content (AvgIpc) is 3.37. The zero-order valence-corrected chi connectivity index (χ0v) is 20.1. The molecule has 8 heteroatoms. The number of hydrogen-bond donors (Lipinski definition) is 1. The van der Waals surface area contributed by atoms with E-state index in [-0.39, 0.29) is 23.4 Å². The van der Waals surface area contributed by atoms with Gasteiger partial charge >= 0.3 is 0 Å². The Labute approximate surface area is 204 Å². The molecule has 4 rings (SSSR count). The van der Waals surface area contributed by atoms with Crippen LogP contribution in [-0.4, -0.2) is 62.6 Å². The number of nitrogens with zero attached hydrogens (tertiary/aromatic N) is 4. The fourth-order valence-corrected chi connectivity index (χ4v) is 4.54. The number of benzene rings is 2. The van der Waals surface area contributed by atoms with Gasteiger partial charge in [-0.05, 0) is 38.2 Å². The predicted molar refractivity (Wildman–Crippen MR) is 131 cm³/mol. The second kappa shape index (κ2) is 10.2. The smallest absolute Gasteiger partial charge is 0.295 e. The minimum absolute atomic E-state index is 0.129. The second-order valence-corrected chi connectivity index (χ2v) is 8.43. The molecule has 0 bridgehead atoms. The molecule has 1 aromatic heterocycles. The molecule has 1 N–H and O–H groups in total. The summed E-state index contributed by atoms with van der Waals surface area (Å²) in [5.41, 5.74) is 1.73. The Morgan fingerprint density at radius 1 is 1.06 bits per heavy atom. The number of Topliss-reactive ketones (excluding diaryl/α,β-unsaturated/α-hetero) is 1. The third-order valence-electron chi connectivity index (χ3n) is 6.56. The van der Waals surface area contributed by atoms with Gasteiger partial charge in [0.15, 0.2) is 0 Å². The SMILES string of the molecule is CCN(CC)CCN1C(=O)C(=O)/C(=C(/O)c2cnn(-c3ccccc3)c2C)C1c1ccccc1F. The van der Waals surface area contributed by atoms with Gasteiger partial charge in [-0.15, -0.1) is 0 Å². The minimum atomic E-state index is -1.04. The molecule has 1 atom stereocenters. The summed E-state index contributed by atoms with van der Waals surface area (Å²) >= 11 is 0. The fraction of sp³-hybridized carbons (Fsp3) is 0.296. The average molecular weight is 477 g/mol. The van der Waals surface area contributed by atoms with Gasteiger partial charge in [0.25, 0.3) is 11.7 Å². The van der Waals surface area contributed by atoms with Crippen molar-refractivity contribution in [1.82, 2.24) is 19.6 Å². The predicted octanol–water partition coefficient (Wildman–Crippen LogP) is 4.08. The summed E-state index contributed by atoms with van der Waals surface area (Å²) in [4.78, 5) is 29.8. The lowest BCUT2D eigenvalue weighted by molar-refractivity contribution is -0.140. The number of likely N-dealkylation sites (N-methyl/N-ethyl adjacent to an activating group) is 1. The van der Waals surface area contributed by atoms with Crippen molar-refractivity contribution in [3.63, 3.8) is 0 Å². The van der Waals surface area contributed by atoms with Crippen molar-refractivity contribution in [3.8, 4) is 5.69 Å². The molecule has 1 saturated heterocycles. The Balaban J connectivity index is 1.83. The van der Waals surface area contributed by atoms with E-state index in [1.807, 2.05) is 44.2 Å². The van der Waals surface area contributed by atoms with Crippen LogP contribution < -0.4 is 0 Å². The van der Waals surface area contributed by atoms with Gasteiger partial charge in [-0.2, -0.15) is 5.10 Å². The Kier molecular flexibility index (Phi) is 7.12. The molecule has 0 radical (unpaired) electrons. The first-order valence-electron chi connectivity index (χ1n) is 11.7. The van der Waals surface area contributed by atoms with Gasteiger partial charge in [0.05, 0.1) is 34.8 Å². The highest BCUT2D eigenvalue weighted by molar-refractivity contribution is 6.46. The molecule has 7 nitrogen and oxygen atoms in total. The molecule has 0 aliphatic carbocycles. The largest absolute Gasteiger partial charge is 0.507 e. The molecule has 1 aliphatic rings. The molecule has 1 aliphatic heterocycles. The van der Waals surface area contributed by atoms with Crippen molar-refractivity contribution in [2.24, 2.45) is 0 Å². The number of rotatable bonds is 8.